The molecule has 1 amide bonds. The summed E-state index contributed by atoms with van der Waals surface area (Å²) in [7, 11) is 0. The zero-order chi connectivity index (χ0) is 20.8. The predicted octanol–water partition coefficient (Wildman–Crippen LogP) is 5.00. The lowest BCUT2D eigenvalue weighted by atomic mass is 9.93. The molecular weight excluding hydrogens is 380 g/mol. The topological polar surface area (TPSA) is 59.8 Å². The Kier molecular flexibility index (Phi) is 7.09. The summed E-state index contributed by atoms with van der Waals surface area (Å²) in [6, 6.07) is 18.4. The lowest BCUT2D eigenvalue weighted by molar-refractivity contribution is -0.119. The zero-order valence-corrected chi connectivity index (χ0v) is 18.2. The van der Waals surface area contributed by atoms with E-state index in [2.05, 4.69) is 67.5 Å². The summed E-state index contributed by atoms with van der Waals surface area (Å²) >= 11 is 1.39. The minimum atomic E-state index is -0.0173. The maximum atomic E-state index is 12.7. The van der Waals surface area contributed by atoms with Gasteiger partial charge in [0.1, 0.15) is 6.33 Å². The maximum Gasteiger partial charge on any atom is 0.230 e. The van der Waals surface area contributed by atoms with E-state index in [4.69, 9.17) is 0 Å². The molecule has 1 heterocycles. The summed E-state index contributed by atoms with van der Waals surface area (Å²) in [5.41, 5.74) is 3.42. The second-order valence-electron chi connectivity index (χ2n) is 7.72. The smallest absolute Gasteiger partial charge is 0.230 e. The number of benzene rings is 2. The molecule has 1 aromatic heterocycles. The SMILES string of the molecule is CC(C)c1ccc(C(NC(=O)CSc2nncn2-c2ccccc2)C(C)C)cc1. The lowest BCUT2D eigenvalue weighted by Crippen LogP contribution is -2.33. The minimum absolute atomic E-state index is 0.00996. The van der Waals surface area contributed by atoms with E-state index in [0.29, 0.717) is 22.7 Å². The van der Waals surface area contributed by atoms with E-state index in [1.807, 2.05) is 34.9 Å². The Morgan fingerprint density at radius 1 is 1.00 bits per heavy atom. The summed E-state index contributed by atoms with van der Waals surface area (Å²) in [6.45, 7) is 8.62. The predicted molar refractivity (Wildman–Crippen MR) is 118 cm³/mol. The van der Waals surface area contributed by atoms with Crippen molar-refractivity contribution in [3.05, 3.63) is 72.1 Å². The van der Waals surface area contributed by atoms with Gasteiger partial charge in [0.2, 0.25) is 5.91 Å². The van der Waals surface area contributed by atoms with Crippen LogP contribution < -0.4 is 5.32 Å². The molecule has 0 fully saturated rings. The number of amides is 1. The number of rotatable bonds is 8. The van der Waals surface area contributed by atoms with Gasteiger partial charge in [0.25, 0.3) is 0 Å². The second-order valence-corrected chi connectivity index (χ2v) is 8.66. The Bertz CT molecular complexity index is 920. The first-order chi connectivity index (χ1) is 14.0. The monoisotopic (exact) mass is 408 g/mol. The van der Waals surface area contributed by atoms with E-state index in [1.165, 1.54) is 17.3 Å². The number of para-hydroxylation sites is 1. The van der Waals surface area contributed by atoms with Crippen molar-refractivity contribution in [2.24, 2.45) is 5.92 Å². The van der Waals surface area contributed by atoms with Gasteiger partial charge in [-0.15, -0.1) is 10.2 Å². The van der Waals surface area contributed by atoms with Gasteiger partial charge in [0.05, 0.1) is 11.8 Å². The van der Waals surface area contributed by atoms with Gasteiger partial charge >= 0.3 is 0 Å². The molecule has 3 aromatic rings. The van der Waals surface area contributed by atoms with Crippen molar-refractivity contribution in [3.63, 3.8) is 0 Å². The molecule has 0 bridgehead atoms. The molecule has 152 valence electrons. The third-order valence-electron chi connectivity index (χ3n) is 4.83. The summed E-state index contributed by atoms with van der Waals surface area (Å²) in [5, 5.41) is 12.0. The van der Waals surface area contributed by atoms with Gasteiger partial charge in [-0.05, 0) is 35.1 Å². The van der Waals surface area contributed by atoms with Crippen molar-refractivity contribution in [3.8, 4) is 5.69 Å². The van der Waals surface area contributed by atoms with Gasteiger partial charge in [-0.2, -0.15) is 0 Å². The van der Waals surface area contributed by atoms with Gasteiger partial charge < -0.3 is 5.32 Å². The van der Waals surface area contributed by atoms with E-state index in [0.717, 1.165) is 11.3 Å². The standard InChI is InChI=1S/C23H28N4OS/c1-16(2)18-10-12-19(13-11-18)22(17(3)4)25-21(28)14-29-23-26-24-15-27(23)20-8-6-5-7-9-20/h5-13,15-17,22H,14H2,1-4H3,(H,25,28). The van der Waals surface area contributed by atoms with Gasteiger partial charge in [0.15, 0.2) is 5.16 Å². The average molecular weight is 409 g/mol. The van der Waals surface area contributed by atoms with E-state index in [1.54, 1.807) is 6.33 Å². The van der Waals surface area contributed by atoms with Crippen LogP contribution in [0.3, 0.4) is 0 Å². The Labute approximate surface area is 176 Å². The van der Waals surface area contributed by atoms with Crippen LogP contribution in [0.2, 0.25) is 0 Å². The van der Waals surface area contributed by atoms with Crippen LogP contribution in [0.4, 0.5) is 0 Å². The average Bonchev–Trinajstić information content (AvgIpc) is 3.19. The van der Waals surface area contributed by atoms with Crippen LogP contribution in [0.25, 0.3) is 5.69 Å². The summed E-state index contributed by atoms with van der Waals surface area (Å²) in [6.07, 6.45) is 1.67. The molecule has 0 aliphatic carbocycles. The Morgan fingerprint density at radius 3 is 2.28 bits per heavy atom. The summed E-state index contributed by atoms with van der Waals surface area (Å²) in [4.78, 5) is 12.7. The fourth-order valence-electron chi connectivity index (χ4n) is 3.16. The van der Waals surface area contributed by atoms with Crippen LogP contribution >= 0.6 is 11.8 Å². The number of thioether (sulfide) groups is 1. The quantitative estimate of drug-likeness (QED) is 0.533. The highest BCUT2D eigenvalue weighted by Gasteiger charge is 2.19. The lowest BCUT2D eigenvalue weighted by Gasteiger charge is -2.23. The van der Waals surface area contributed by atoms with Crippen LogP contribution in [0, 0.1) is 5.92 Å². The first-order valence-corrected chi connectivity index (χ1v) is 10.9. The van der Waals surface area contributed by atoms with Crippen LogP contribution in [0.5, 0.6) is 0 Å². The van der Waals surface area contributed by atoms with Crippen LogP contribution in [0.15, 0.2) is 66.1 Å². The van der Waals surface area contributed by atoms with Gasteiger partial charge in [-0.3, -0.25) is 9.36 Å². The Balaban J connectivity index is 1.64. The molecule has 0 spiro atoms. The summed E-state index contributed by atoms with van der Waals surface area (Å²) < 4.78 is 1.89. The fourth-order valence-corrected chi connectivity index (χ4v) is 3.90. The third-order valence-corrected chi connectivity index (χ3v) is 5.77. The third kappa shape index (κ3) is 5.48. The molecule has 2 aromatic carbocycles. The van der Waals surface area contributed by atoms with E-state index >= 15 is 0 Å². The number of nitrogens with one attached hydrogen (secondary N) is 1. The summed E-state index contributed by atoms with van der Waals surface area (Å²) in [5.74, 6) is 1.07. The molecule has 1 unspecified atom stereocenters. The molecule has 0 aliphatic heterocycles. The first kappa shape index (κ1) is 21.1. The molecule has 0 aliphatic rings. The number of aromatic nitrogens is 3. The zero-order valence-electron chi connectivity index (χ0n) is 17.4. The molecule has 0 saturated heterocycles. The number of carbonyl (C=O) groups excluding carboxylic acids is 1. The van der Waals surface area contributed by atoms with Crippen LogP contribution in [-0.2, 0) is 4.79 Å². The van der Waals surface area contributed by atoms with Crippen molar-refractivity contribution < 1.29 is 4.79 Å². The molecule has 29 heavy (non-hydrogen) atoms. The molecule has 6 heteroatoms. The fraction of sp³-hybridized carbons (Fsp3) is 0.348. The van der Waals surface area contributed by atoms with Crippen molar-refractivity contribution >= 4 is 17.7 Å². The highest BCUT2D eigenvalue weighted by molar-refractivity contribution is 7.99. The van der Waals surface area contributed by atoms with E-state index < -0.39 is 0 Å². The van der Waals surface area contributed by atoms with Crippen molar-refractivity contribution in [1.82, 2.24) is 20.1 Å². The Morgan fingerprint density at radius 2 is 1.66 bits per heavy atom. The number of carbonyl (C=O) groups is 1. The molecule has 0 saturated carbocycles. The second kappa shape index (κ2) is 9.74. The number of hydrogen-bond acceptors (Lipinski definition) is 4. The van der Waals surface area contributed by atoms with E-state index in [9.17, 15) is 4.79 Å². The van der Waals surface area contributed by atoms with Crippen molar-refractivity contribution in [2.75, 3.05) is 5.75 Å². The van der Waals surface area contributed by atoms with Gasteiger partial charge in [-0.1, -0.05) is 81.9 Å². The number of hydrogen-bond donors (Lipinski definition) is 1. The Hall–Kier alpha value is -2.60. The van der Waals surface area contributed by atoms with Crippen molar-refractivity contribution in [2.45, 2.75) is 44.8 Å². The highest BCUT2D eigenvalue weighted by atomic mass is 32.2. The molecule has 5 nitrogen and oxygen atoms in total. The van der Waals surface area contributed by atoms with Crippen LogP contribution in [0.1, 0.15) is 50.8 Å². The van der Waals surface area contributed by atoms with Gasteiger partial charge in [-0.25, -0.2) is 0 Å². The molecule has 3 rings (SSSR count). The van der Waals surface area contributed by atoms with Crippen molar-refractivity contribution in [1.29, 1.82) is 0 Å². The van der Waals surface area contributed by atoms with E-state index in [-0.39, 0.29) is 11.9 Å². The number of nitrogens with zero attached hydrogens (tertiary/aromatic N) is 3. The first-order valence-electron chi connectivity index (χ1n) is 9.93. The molecule has 1 atom stereocenters. The minimum Gasteiger partial charge on any atom is -0.348 e. The largest absolute Gasteiger partial charge is 0.348 e. The molecule has 1 N–H and O–H groups in total. The molecule has 0 radical (unpaired) electrons. The highest BCUT2D eigenvalue weighted by Crippen LogP contribution is 2.25. The van der Waals surface area contributed by atoms with Crippen LogP contribution in [-0.4, -0.2) is 26.4 Å². The van der Waals surface area contributed by atoms with Gasteiger partial charge in [0, 0.05) is 5.69 Å². The maximum absolute atomic E-state index is 12.7. The molecular formula is C23H28N4OS. The normalized spacial score (nSPS) is 12.3.